The van der Waals surface area contributed by atoms with Crippen molar-refractivity contribution in [3.8, 4) is 68.3 Å². The van der Waals surface area contributed by atoms with E-state index in [1.54, 1.807) is 127 Å². The first kappa shape index (κ1) is 71.0. The van der Waals surface area contributed by atoms with Gasteiger partial charge in [-0.2, -0.15) is 41.6 Å². The van der Waals surface area contributed by atoms with Gasteiger partial charge in [0, 0.05) is 177 Å². The van der Waals surface area contributed by atoms with Crippen LogP contribution in [0.3, 0.4) is 0 Å². The number of hydrogen-bond donors (Lipinski definition) is 4. The fraction of sp³-hybridized carbons (Fsp3) is 0.311. The van der Waals surface area contributed by atoms with Crippen LogP contribution in [-0.2, 0) is 21.1 Å². The molecule has 0 saturated carbocycles. The number of rotatable bonds is 25. The molecule has 24 nitrogen and oxygen atoms in total. The maximum atomic E-state index is 12.8. The van der Waals surface area contributed by atoms with Gasteiger partial charge in [-0.05, 0) is 74.5 Å². The Morgan fingerprint density at radius 3 is 1.27 bits per heavy atom. The maximum Gasteiger partial charge on any atom is 0.401 e. The van der Waals surface area contributed by atoms with Gasteiger partial charge in [-0.1, -0.05) is 22.3 Å². The Bertz CT molecular complexity index is 4950. The van der Waals surface area contributed by atoms with Crippen molar-refractivity contribution in [1.29, 1.82) is 0 Å². The van der Waals surface area contributed by atoms with Crippen molar-refractivity contribution < 1.29 is 63.4 Å². The van der Waals surface area contributed by atoms with Crippen LogP contribution >= 0.6 is 0 Å². The Labute approximate surface area is 608 Å². The third-order valence-corrected chi connectivity index (χ3v) is 15.6. The van der Waals surface area contributed by atoms with Gasteiger partial charge in [-0.15, -0.1) is 0 Å². The summed E-state index contributed by atoms with van der Waals surface area (Å²) in [4.78, 5) is 33.3. The molecule has 6 aromatic heterocycles. The van der Waals surface area contributed by atoms with Gasteiger partial charge in [-0.3, -0.25) is 29.0 Å². The van der Waals surface area contributed by atoms with E-state index in [9.17, 15) is 31.4 Å². The molecule has 0 aliphatic carbocycles. The monoisotopic (exact) mass is 1440 g/mol. The summed E-state index contributed by atoms with van der Waals surface area (Å²) in [5, 5.41) is 27.4. The van der Waals surface area contributed by atoms with E-state index in [1.807, 2.05) is 97.8 Å². The first-order valence-corrected chi connectivity index (χ1v) is 31.3. The average Bonchev–Trinajstić information content (AvgIpc) is 1.19. The number of aryl methyl sites for hydroxylation is 3. The molecule has 5 N–H and O–H groups in total. The van der Waals surface area contributed by atoms with Gasteiger partial charge >= 0.3 is 12.4 Å². The summed E-state index contributed by atoms with van der Waals surface area (Å²) in [5.74, 6) is 1.44. The summed E-state index contributed by atoms with van der Waals surface area (Å²) in [6, 6.07) is 30.6. The number of ether oxygens (including phenoxy) is 5. The fourth-order valence-electron chi connectivity index (χ4n) is 10.9. The highest BCUT2D eigenvalue weighted by molar-refractivity contribution is 5.86. The zero-order valence-electron chi connectivity index (χ0n) is 61.9. The summed E-state index contributed by atoms with van der Waals surface area (Å²) in [7, 11) is 4.43. The topological polar surface area (TPSA) is 257 Å². The van der Waals surface area contributed by atoms with Crippen LogP contribution in [0.1, 0.15) is 43.8 Å². The quantitative estimate of drug-likeness (QED) is 0.0306. The van der Waals surface area contributed by atoms with Gasteiger partial charge < -0.3 is 59.9 Å². The van der Waals surface area contributed by atoms with E-state index < -0.39 is 39.5 Å². The number of nitrogens with two attached hydrogens (primary N) is 1. The van der Waals surface area contributed by atoms with E-state index in [-0.39, 0.29) is 77.3 Å². The van der Waals surface area contributed by atoms with Gasteiger partial charge in [0.15, 0.2) is 0 Å². The van der Waals surface area contributed by atoms with Gasteiger partial charge in [0.2, 0.25) is 0 Å². The van der Waals surface area contributed by atoms with Crippen molar-refractivity contribution >= 4 is 67.2 Å². The second-order valence-corrected chi connectivity index (χ2v) is 23.0. The molecule has 6 heterocycles. The van der Waals surface area contributed by atoms with Crippen molar-refractivity contribution in [3.05, 3.63) is 165 Å². The molecule has 6 aromatic carbocycles. The van der Waals surface area contributed by atoms with Crippen LogP contribution in [0.5, 0.6) is 34.5 Å². The summed E-state index contributed by atoms with van der Waals surface area (Å²) < 4.78 is 152. The molecular formula is C74H88F6N18O6. The number of methoxy groups -OCH3 is 5. The molecule has 0 spiro atoms. The summed E-state index contributed by atoms with van der Waals surface area (Å²) in [6.07, 6.45) is 7.25. The zero-order chi connectivity index (χ0) is 77.0. The minimum atomic E-state index is -4.37. The Hall–Kier alpha value is -11.4. The Balaban J connectivity index is 0.000000230. The molecule has 0 saturated heterocycles. The number of anilines is 6. The number of hydrogen-bond acceptors (Lipinski definition) is 21. The van der Waals surface area contributed by atoms with Crippen LogP contribution < -0.4 is 54.8 Å². The number of nitrogens with zero attached hydrogens (tertiary/aromatic N) is 15. The normalized spacial score (nSPS) is 12.5. The Morgan fingerprint density at radius 1 is 0.481 bits per heavy atom. The minimum Gasteiger partial charge on any atom is -0.508 e. The van der Waals surface area contributed by atoms with Gasteiger partial charge in [0.05, 0.1) is 144 Å². The summed E-state index contributed by atoms with van der Waals surface area (Å²) in [6.45, 7) is 0.856. The van der Waals surface area contributed by atoms with E-state index in [4.69, 9.17) is 47.6 Å². The smallest absolute Gasteiger partial charge is 0.401 e. The number of aromatic hydroxyl groups is 1. The van der Waals surface area contributed by atoms with Crippen LogP contribution in [0.4, 0.5) is 60.5 Å². The number of halogens is 6. The maximum absolute atomic E-state index is 12.8. The summed E-state index contributed by atoms with van der Waals surface area (Å²) in [5.41, 5.74) is 18.2. The average molecular weight is 1450 g/mol. The molecule has 30 heteroatoms. The first-order chi connectivity index (χ1) is 50.8. The lowest BCUT2D eigenvalue weighted by atomic mass is 10.1. The predicted molar refractivity (Wildman–Crippen MR) is 396 cm³/mol. The molecule has 0 aliphatic heterocycles. The second kappa shape index (κ2) is 36.0. The minimum absolute atomic E-state index is 0. The highest BCUT2D eigenvalue weighted by Gasteiger charge is 2.29. The molecule has 0 fully saturated rings. The van der Waals surface area contributed by atoms with Crippen molar-refractivity contribution in [2.45, 2.75) is 54.0 Å². The van der Waals surface area contributed by atoms with E-state index in [0.29, 0.717) is 75.2 Å². The van der Waals surface area contributed by atoms with Crippen LogP contribution in [-0.4, -0.2) is 164 Å². The number of aromatic nitrogens is 12. The predicted octanol–water partition coefficient (Wildman–Crippen LogP) is 14.2. The lowest BCUT2D eigenvalue weighted by molar-refractivity contribution is -0.125. The van der Waals surface area contributed by atoms with Crippen LogP contribution in [0.2, 0.25) is 0 Å². The highest BCUT2D eigenvalue weighted by atomic mass is 19.4. The third-order valence-electron chi connectivity index (χ3n) is 15.6. The number of phenolic OH excluding ortho intramolecular Hbond substituents is 1. The highest BCUT2D eigenvalue weighted by Crippen LogP contribution is 2.39. The van der Waals surface area contributed by atoms with Crippen LogP contribution in [0.15, 0.2) is 165 Å². The standard InChI is InChI=1S/2C25H27F3N6O2.C21H22N6O2.3CH4/c1-16(11-29-15-25(26,27)28)34(19-7-20(35-3)10-21(8-19)36-4)18-5-6-22-23(9-18)32-24(13-30-22)17-12-31-33(2)14-17;1-33-15-17(13-31-33)24-14-30-22-6-5-18(11-23(22)32-24)34(8-4-7-29-16-25(26,27)28)19-9-20(35-2)12-21(10-19)36-3;1-26-13-14(11-24-26)21-12-23-19-4-3-15(9-20(19)25-21)27(6-5-22)16-7-17(28)10-18(8-16)29-2;;;/h5-10,12-14,16,29H,11,15H2,1-4H3;5-6,9-15,29H,4,7-8,16H2,1-3H3;3-4,7-13,28H,5-6,22H2,1-2H3;3*1H4/i;2D3,3D3;;;;. The molecule has 12 aromatic rings. The second-order valence-electron chi connectivity index (χ2n) is 23.0. The molecule has 104 heavy (non-hydrogen) atoms. The van der Waals surface area contributed by atoms with Crippen molar-refractivity contribution in [3.63, 3.8) is 0 Å². The van der Waals surface area contributed by atoms with Crippen LogP contribution in [0, 0.1) is 0 Å². The van der Waals surface area contributed by atoms with E-state index in [1.165, 1.54) is 12.1 Å². The van der Waals surface area contributed by atoms with Crippen molar-refractivity contribution in [2.75, 3.05) is 95.9 Å². The molecule has 1 unspecified atom stereocenters. The lowest BCUT2D eigenvalue weighted by Crippen LogP contribution is -2.40. The largest absolute Gasteiger partial charge is 0.508 e. The fourth-order valence-corrected chi connectivity index (χ4v) is 10.9. The Morgan fingerprint density at radius 2 is 0.865 bits per heavy atom. The number of fused-ring (bicyclic) bond motifs is 3. The number of nitrogens with one attached hydrogen (secondary N) is 2. The first-order valence-electron chi connectivity index (χ1n) is 34.3. The number of benzene rings is 6. The van der Waals surface area contributed by atoms with Gasteiger partial charge in [0.25, 0.3) is 0 Å². The lowest BCUT2D eigenvalue weighted by Gasteiger charge is -2.32. The van der Waals surface area contributed by atoms with E-state index in [0.717, 1.165) is 56.5 Å². The molecule has 0 bridgehead atoms. The SMILES string of the molecule is C.C.C.COc1cc(O)cc(N(CCN)c2ccc3ncc(-c4cnn(C)c4)nc3c2)c1.COc1cc(OC)cc(N(c2ccc3ncc(-c4cnn(C)c4)nc3c2)C(C)CNCC(F)(F)F)c1.[2H]C([2H])([2H])Oc1cc(OC([2H])([2H])[2H])cc(N(CCCNCC(F)(F)F)c2ccc3ncc(-c4cnn(C)c4)nc3c2)c1. The van der Waals surface area contributed by atoms with E-state index in [2.05, 4.69) is 45.9 Å². The van der Waals surface area contributed by atoms with Gasteiger partial charge in [-0.25, -0.2) is 15.0 Å². The van der Waals surface area contributed by atoms with E-state index >= 15 is 0 Å². The molecule has 0 aliphatic rings. The van der Waals surface area contributed by atoms with Crippen molar-refractivity contribution in [2.24, 2.45) is 26.9 Å². The molecule has 0 radical (unpaired) electrons. The molecular weight excluding hydrogens is 1350 g/mol. The summed E-state index contributed by atoms with van der Waals surface area (Å²) >= 11 is 0. The van der Waals surface area contributed by atoms with Crippen LogP contribution in [0.25, 0.3) is 66.9 Å². The Kier molecular flexibility index (Phi) is 24.6. The molecule has 12 rings (SSSR count). The van der Waals surface area contributed by atoms with Gasteiger partial charge in [0.1, 0.15) is 34.5 Å². The number of phenols is 1. The molecule has 0 amide bonds. The third kappa shape index (κ3) is 20.9. The van der Waals surface area contributed by atoms with Crippen molar-refractivity contribution in [1.82, 2.24) is 69.9 Å². The molecule has 1 atom stereocenters. The number of alkyl halides is 6. The molecule has 552 valence electrons. The zero-order valence-corrected chi connectivity index (χ0v) is 55.9.